The van der Waals surface area contributed by atoms with Crippen molar-refractivity contribution in [3.8, 4) is 5.75 Å². The molecule has 3 amide bonds. The predicted octanol–water partition coefficient (Wildman–Crippen LogP) is 1.04. The summed E-state index contributed by atoms with van der Waals surface area (Å²) in [5.41, 5.74) is 2.04. The second kappa shape index (κ2) is 7.21. The highest BCUT2D eigenvalue weighted by molar-refractivity contribution is 7.90. The van der Waals surface area contributed by atoms with Gasteiger partial charge in [0.15, 0.2) is 0 Å². The van der Waals surface area contributed by atoms with Crippen molar-refractivity contribution < 1.29 is 22.7 Å². The van der Waals surface area contributed by atoms with Crippen LogP contribution >= 0.6 is 0 Å². The summed E-state index contributed by atoms with van der Waals surface area (Å²) in [6.45, 7) is 4.18. The van der Waals surface area contributed by atoms with Gasteiger partial charge in [-0.3, -0.25) is 9.69 Å². The fourth-order valence-corrected chi connectivity index (χ4v) is 3.09. The Morgan fingerprint density at radius 2 is 1.96 bits per heavy atom. The molecule has 1 fully saturated rings. The number of ether oxygens (including phenoxy) is 1. The van der Waals surface area contributed by atoms with Crippen LogP contribution in [-0.2, 0) is 14.6 Å². The van der Waals surface area contributed by atoms with Crippen LogP contribution in [0.25, 0.3) is 0 Å². The summed E-state index contributed by atoms with van der Waals surface area (Å²) in [5, 5.41) is 2.51. The molecular weight excluding hydrogens is 332 g/mol. The molecule has 1 aromatic carbocycles. The van der Waals surface area contributed by atoms with Crippen LogP contribution in [0.15, 0.2) is 18.2 Å². The zero-order valence-electron chi connectivity index (χ0n) is 14.0. The van der Waals surface area contributed by atoms with Gasteiger partial charge in [-0.2, -0.15) is 0 Å². The number of carbonyl (C=O) groups is 2. The smallest absolute Gasteiger partial charge is 0.324 e. The molecule has 0 bridgehead atoms. The zero-order valence-corrected chi connectivity index (χ0v) is 14.9. The van der Waals surface area contributed by atoms with Gasteiger partial charge in [-0.15, -0.1) is 0 Å². The minimum absolute atomic E-state index is 0.0811. The van der Waals surface area contributed by atoms with Crippen molar-refractivity contribution in [2.75, 3.05) is 25.2 Å². The summed E-state index contributed by atoms with van der Waals surface area (Å²) < 4.78 is 28.0. The number of hydrogen-bond donors (Lipinski definition) is 1. The molecule has 7 nitrogen and oxygen atoms in total. The summed E-state index contributed by atoms with van der Waals surface area (Å²) in [7, 11) is -3.18. The Bertz CT molecular complexity index is 745. The number of amides is 3. The van der Waals surface area contributed by atoms with Gasteiger partial charge in [-0.1, -0.05) is 12.1 Å². The first-order chi connectivity index (χ1) is 11.2. The SMILES string of the molecule is Cc1ccc(C)c(OCCN2C(=O)NC(CCS(C)(=O)=O)C2=O)c1. The van der Waals surface area contributed by atoms with Gasteiger partial charge in [-0.25, -0.2) is 13.2 Å². The topological polar surface area (TPSA) is 92.8 Å². The molecule has 0 aromatic heterocycles. The van der Waals surface area contributed by atoms with E-state index in [1.165, 1.54) is 0 Å². The first kappa shape index (κ1) is 18.3. The van der Waals surface area contributed by atoms with Gasteiger partial charge in [-0.05, 0) is 37.5 Å². The van der Waals surface area contributed by atoms with Crippen molar-refractivity contribution in [3.63, 3.8) is 0 Å². The Morgan fingerprint density at radius 1 is 1.25 bits per heavy atom. The van der Waals surface area contributed by atoms with Crippen molar-refractivity contribution in [3.05, 3.63) is 29.3 Å². The predicted molar refractivity (Wildman–Crippen MR) is 89.8 cm³/mol. The molecular formula is C16H22N2O5S. The molecule has 24 heavy (non-hydrogen) atoms. The Labute approximate surface area is 141 Å². The van der Waals surface area contributed by atoms with Gasteiger partial charge in [0.1, 0.15) is 28.2 Å². The van der Waals surface area contributed by atoms with Crippen LogP contribution in [0.3, 0.4) is 0 Å². The average molecular weight is 354 g/mol. The van der Waals surface area contributed by atoms with Crippen LogP contribution in [0.5, 0.6) is 5.75 Å². The van der Waals surface area contributed by atoms with Crippen LogP contribution in [0, 0.1) is 13.8 Å². The highest BCUT2D eigenvalue weighted by Gasteiger charge is 2.37. The number of aryl methyl sites for hydroxylation is 2. The number of urea groups is 1. The molecule has 1 aliphatic heterocycles. The molecule has 0 radical (unpaired) electrons. The quantitative estimate of drug-likeness (QED) is 0.739. The lowest BCUT2D eigenvalue weighted by molar-refractivity contribution is -0.127. The fourth-order valence-electron chi connectivity index (χ4n) is 2.43. The summed E-state index contributed by atoms with van der Waals surface area (Å²) in [6, 6.07) is 4.53. The van der Waals surface area contributed by atoms with Crippen molar-refractivity contribution in [2.45, 2.75) is 26.3 Å². The van der Waals surface area contributed by atoms with E-state index >= 15 is 0 Å². The van der Waals surface area contributed by atoms with Gasteiger partial charge in [0.2, 0.25) is 0 Å². The highest BCUT2D eigenvalue weighted by Crippen LogP contribution is 2.19. The van der Waals surface area contributed by atoms with Crippen molar-refractivity contribution in [1.82, 2.24) is 10.2 Å². The largest absolute Gasteiger partial charge is 0.491 e. The minimum atomic E-state index is -3.18. The van der Waals surface area contributed by atoms with E-state index in [9.17, 15) is 18.0 Å². The molecule has 1 saturated heterocycles. The summed E-state index contributed by atoms with van der Waals surface area (Å²) in [6.07, 6.45) is 1.18. The van der Waals surface area contributed by atoms with E-state index in [2.05, 4.69) is 5.32 Å². The lowest BCUT2D eigenvalue weighted by Gasteiger charge is -2.15. The third kappa shape index (κ3) is 4.70. The lowest BCUT2D eigenvalue weighted by Crippen LogP contribution is -2.35. The number of imide groups is 1. The number of nitrogens with zero attached hydrogens (tertiary/aromatic N) is 1. The third-order valence-electron chi connectivity index (χ3n) is 3.80. The summed E-state index contributed by atoms with van der Waals surface area (Å²) in [5.74, 6) is 0.167. The van der Waals surface area contributed by atoms with Gasteiger partial charge in [0, 0.05) is 6.26 Å². The Hall–Kier alpha value is -2.09. The van der Waals surface area contributed by atoms with Crippen molar-refractivity contribution >= 4 is 21.8 Å². The van der Waals surface area contributed by atoms with Crippen LogP contribution in [0.4, 0.5) is 4.79 Å². The standard InChI is InChI=1S/C16H22N2O5S/c1-11-4-5-12(2)14(10-11)23-8-7-18-15(19)13(17-16(18)20)6-9-24(3,21)22/h4-5,10,13H,6-9H2,1-3H3,(H,17,20). The van der Waals surface area contributed by atoms with E-state index in [0.29, 0.717) is 0 Å². The minimum Gasteiger partial charge on any atom is -0.491 e. The maximum absolute atomic E-state index is 12.2. The fraction of sp³-hybridized carbons (Fsp3) is 0.500. The molecule has 1 N–H and O–H groups in total. The number of nitrogens with one attached hydrogen (secondary N) is 1. The second-order valence-electron chi connectivity index (χ2n) is 6.03. The van der Waals surface area contributed by atoms with Crippen LogP contribution < -0.4 is 10.1 Å². The lowest BCUT2D eigenvalue weighted by atomic mass is 10.1. The first-order valence-electron chi connectivity index (χ1n) is 7.67. The molecule has 0 aliphatic carbocycles. The number of sulfone groups is 1. The van der Waals surface area contributed by atoms with E-state index < -0.39 is 27.8 Å². The van der Waals surface area contributed by atoms with Gasteiger partial charge in [0.05, 0.1) is 12.3 Å². The van der Waals surface area contributed by atoms with Crippen molar-refractivity contribution in [1.29, 1.82) is 0 Å². The average Bonchev–Trinajstić information content (AvgIpc) is 2.75. The van der Waals surface area contributed by atoms with Gasteiger partial charge in [0.25, 0.3) is 5.91 Å². The Balaban J connectivity index is 1.89. The number of benzene rings is 1. The first-order valence-corrected chi connectivity index (χ1v) is 9.73. The molecule has 1 aromatic rings. The number of rotatable bonds is 7. The normalized spacial score (nSPS) is 18.0. The van der Waals surface area contributed by atoms with E-state index in [0.717, 1.165) is 28.0 Å². The summed E-state index contributed by atoms with van der Waals surface area (Å²) in [4.78, 5) is 25.1. The molecule has 1 atom stereocenters. The monoisotopic (exact) mass is 354 g/mol. The molecule has 132 valence electrons. The van der Waals surface area contributed by atoms with E-state index in [1.807, 2.05) is 32.0 Å². The molecule has 0 spiro atoms. The maximum atomic E-state index is 12.2. The van der Waals surface area contributed by atoms with Crippen LogP contribution in [0.2, 0.25) is 0 Å². The molecule has 2 rings (SSSR count). The molecule has 1 aliphatic rings. The van der Waals surface area contributed by atoms with E-state index in [-0.39, 0.29) is 25.3 Å². The van der Waals surface area contributed by atoms with Crippen LogP contribution in [-0.4, -0.2) is 56.5 Å². The molecule has 1 heterocycles. The van der Waals surface area contributed by atoms with Crippen LogP contribution in [0.1, 0.15) is 17.5 Å². The molecule has 0 saturated carbocycles. The van der Waals surface area contributed by atoms with Gasteiger partial charge < -0.3 is 10.1 Å². The second-order valence-corrected chi connectivity index (χ2v) is 8.29. The third-order valence-corrected chi connectivity index (χ3v) is 4.78. The highest BCUT2D eigenvalue weighted by atomic mass is 32.2. The Kier molecular flexibility index (Phi) is 5.48. The molecule has 1 unspecified atom stereocenters. The number of carbonyl (C=O) groups excluding carboxylic acids is 2. The van der Waals surface area contributed by atoms with E-state index in [4.69, 9.17) is 4.74 Å². The molecule has 8 heteroatoms. The maximum Gasteiger partial charge on any atom is 0.324 e. The summed E-state index contributed by atoms with van der Waals surface area (Å²) >= 11 is 0. The van der Waals surface area contributed by atoms with Crippen molar-refractivity contribution in [2.24, 2.45) is 0 Å². The zero-order chi connectivity index (χ0) is 17.9. The Morgan fingerprint density at radius 3 is 2.62 bits per heavy atom. The van der Waals surface area contributed by atoms with E-state index in [1.54, 1.807) is 0 Å². The number of hydrogen-bond acceptors (Lipinski definition) is 5. The van der Waals surface area contributed by atoms with Gasteiger partial charge >= 0.3 is 6.03 Å².